The summed E-state index contributed by atoms with van der Waals surface area (Å²) in [5, 5.41) is 3.99. The van der Waals surface area contributed by atoms with Crippen molar-refractivity contribution in [1.82, 2.24) is 19.9 Å². The molecule has 2 heterocycles. The minimum Gasteiger partial charge on any atom is -0.344 e. The monoisotopic (exact) mass is 323 g/mol. The van der Waals surface area contributed by atoms with E-state index in [4.69, 9.17) is 4.52 Å². The zero-order valence-electron chi connectivity index (χ0n) is 14.8. The zero-order valence-corrected chi connectivity index (χ0v) is 14.8. The SMILES string of the molecule is CCCN(CCC)C(=O)CN1CCCC1c1nc(N(C)C)no1. The Morgan fingerprint density at radius 3 is 2.57 bits per heavy atom. The van der Waals surface area contributed by atoms with Crippen LogP contribution in [0.3, 0.4) is 0 Å². The summed E-state index contributed by atoms with van der Waals surface area (Å²) in [4.78, 5) is 23.0. The Morgan fingerprint density at radius 1 is 1.30 bits per heavy atom. The summed E-state index contributed by atoms with van der Waals surface area (Å²) in [6.07, 6.45) is 4.00. The van der Waals surface area contributed by atoms with Gasteiger partial charge < -0.3 is 14.3 Å². The molecule has 1 unspecified atom stereocenters. The lowest BCUT2D eigenvalue weighted by Crippen LogP contribution is -2.41. The van der Waals surface area contributed by atoms with Crippen LogP contribution >= 0.6 is 0 Å². The quantitative estimate of drug-likeness (QED) is 0.728. The van der Waals surface area contributed by atoms with Crippen LogP contribution in [-0.2, 0) is 4.79 Å². The van der Waals surface area contributed by atoms with E-state index in [1.54, 1.807) is 0 Å². The maximum absolute atomic E-state index is 12.6. The summed E-state index contributed by atoms with van der Waals surface area (Å²) >= 11 is 0. The number of anilines is 1. The molecule has 0 aliphatic carbocycles. The van der Waals surface area contributed by atoms with E-state index in [0.29, 0.717) is 18.4 Å². The van der Waals surface area contributed by atoms with Gasteiger partial charge in [0.2, 0.25) is 11.8 Å². The van der Waals surface area contributed by atoms with Crippen molar-refractivity contribution in [2.24, 2.45) is 0 Å². The molecule has 130 valence electrons. The molecule has 0 bridgehead atoms. The molecule has 1 saturated heterocycles. The molecule has 1 atom stereocenters. The number of nitrogens with zero attached hydrogens (tertiary/aromatic N) is 5. The lowest BCUT2D eigenvalue weighted by molar-refractivity contribution is -0.132. The summed E-state index contributed by atoms with van der Waals surface area (Å²) in [5.74, 6) is 1.40. The molecular formula is C16H29N5O2. The van der Waals surface area contributed by atoms with Crippen molar-refractivity contribution >= 4 is 11.9 Å². The lowest BCUT2D eigenvalue weighted by atomic mass is 10.2. The Balaban J connectivity index is 2.01. The number of carbonyl (C=O) groups excluding carboxylic acids is 1. The highest BCUT2D eigenvalue weighted by molar-refractivity contribution is 5.78. The minimum absolute atomic E-state index is 0.0604. The predicted octanol–water partition coefficient (Wildman–Crippen LogP) is 1.92. The van der Waals surface area contributed by atoms with E-state index >= 15 is 0 Å². The number of rotatable bonds is 8. The third-order valence-electron chi connectivity index (χ3n) is 4.16. The first-order valence-corrected chi connectivity index (χ1v) is 8.59. The van der Waals surface area contributed by atoms with Gasteiger partial charge in [-0.15, -0.1) is 0 Å². The van der Waals surface area contributed by atoms with Crippen LogP contribution in [0.2, 0.25) is 0 Å². The molecular weight excluding hydrogens is 294 g/mol. The van der Waals surface area contributed by atoms with Gasteiger partial charge in [0.05, 0.1) is 12.6 Å². The van der Waals surface area contributed by atoms with Crippen molar-refractivity contribution in [3.05, 3.63) is 5.89 Å². The first-order valence-electron chi connectivity index (χ1n) is 8.59. The number of likely N-dealkylation sites (tertiary alicyclic amines) is 1. The second-order valence-electron chi connectivity index (χ2n) is 6.34. The van der Waals surface area contributed by atoms with Gasteiger partial charge in [0.1, 0.15) is 0 Å². The van der Waals surface area contributed by atoms with Crippen LogP contribution < -0.4 is 4.90 Å². The molecule has 2 rings (SSSR count). The molecule has 7 heteroatoms. The first kappa shape index (κ1) is 17.7. The van der Waals surface area contributed by atoms with E-state index in [-0.39, 0.29) is 11.9 Å². The number of hydrogen-bond donors (Lipinski definition) is 0. The van der Waals surface area contributed by atoms with Gasteiger partial charge in [-0.25, -0.2) is 0 Å². The van der Waals surface area contributed by atoms with Crippen LogP contribution in [0, 0.1) is 0 Å². The maximum Gasteiger partial charge on any atom is 0.265 e. The van der Waals surface area contributed by atoms with Gasteiger partial charge in [-0.2, -0.15) is 4.98 Å². The van der Waals surface area contributed by atoms with Crippen molar-refractivity contribution in [2.45, 2.75) is 45.6 Å². The first-order chi connectivity index (χ1) is 11.1. The van der Waals surface area contributed by atoms with Crippen LogP contribution in [0.5, 0.6) is 0 Å². The highest BCUT2D eigenvalue weighted by Crippen LogP contribution is 2.31. The van der Waals surface area contributed by atoms with Crippen molar-refractivity contribution in [2.75, 3.05) is 45.2 Å². The maximum atomic E-state index is 12.6. The highest BCUT2D eigenvalue weighted by atomic mass is 16.5. The number of hydrogen-bond acceptors (Lipinski definition) is 6. The molecule has 1 aromatic rings. The molecule has 1 fully saturated rings. The molecule has 0 N–H and O–H groups in total. The molecule has 23 heavy (non-hydrogen) atoms. The Kier molecular flexibility index (Phi) is 6.38. The fourth-order valence-electron chi connectivity index (χ4n) is 3.01. The Morgan fingerprint density at radius 2 is 2.00 bits per heavy atom. The van der Waals surface area contributed by atoms with Crippen molar-refractivity contribution in [3.8, 4) is 0 Å². The van der Waals surface area contributed by atoms with E-state index < -0.39 is 0 Å². The van der Waals surface area contributed by atoms with Gasteiger partial charge >= 0.3 is 0 Å². The standard InChI is InChI=1S/C16H29N5O2/c1-5-9-20(10-6-2)14(22)12-21-11-7-8-13(21)15-17-16(18-23-15)19(3)4/h13H,5-12H2,1-4H3. The second kappa shape index (κ2) is 8.29. The molecule has 1 aromatic heterocycles. The summed E-state index contributed by atoms with van der Waals surface area (Å²) < 4.78 is 5.41. The average molecular weight is 323 g/mol. The minimum atomic E-state index is 0.0604. The van der Waals surface area contributed by atoms with Crippen LogP contribution in [0.15, 0.2) is 4.52 Å². The number of amides is 1. The summed E-state index contributed by atoms with van der Waals surface area (Å²) in [6.45, 7) is 7.21. The molecule has 1 amide bonds. The second-order valence-corrected chi connectivity index (χ2v) is 6.34. The van der Waals surface area contributed by atoms with Crippen molar-refractivity contribution in [1.29, 1.82) is 0 Å². The lowest BCUT2D eigenvalue weighted by Gasteiger charge is -2.26. The Labute approximate surface area is 138 Å². The molecule has 0 saturated carbocycles. The van der Waals surface area contributed by atoms with E-state index in [1.807, 2.05) is 23.9 Å². The third-order valence-corrected chi connectivity index (χ3v) is 4.16. The fourth-order valence-corrected chi connectivity index (χ4v) is 3.01. The van der Waals surface area contributed by atoms with Gasteiger partial charge in [-0.05, 0) is 37.4 Å². The van der Waals surface area contributed by atoms with Crippen LogP contribution in [0.25, 0.3) is 0 Å². The van der Waals surface area contributed by atoms with Crippen LogP contribution in [0.1, 0.15) is 51.5 Å². The Hall–Kier alpha value is -1.63. The van der Waals surface area contributed by atoms with Crippen LogP contribution in [-0.4, -0.2) is 66.1 Å². The third kappa shape index (κ3) is 4.43. The topological polar surface area (TPSA) is 65.7 Å². The van der Waals surface area contributed by atoms with E-state index in [0.717, 1.165) is 45.3 Å². The molecule has 0 radical (unpaired) electrons. The largest absolute Gasteiger partial charge is 0.344 e. The van der Waals surface area contributed by atoms with Gasteiger partial charge in [-0.1, -0.05) is 13.8 Å². The molecule has 1 aliphatic rings. The number of aromatic nitrogens is 2. The highest BCUT2D eigenvalue weighted by Gasteiger charge is 2.32. The van der Waals surface area contributed by atoms with E-state index in [2.05, 4.69) is 28.9 Å². The molecule has 0 spiro atoms. The molecule has 0 aromatic carbocycles. The van der Waals surface area contributed by atoms with E-state index in [9.17, 15) is 4.79 Å². The number of carbonyl (C=O) groups is 1. The van der Waals surface area contributed by atoms with Gasteiger partial charge in [0, 0.05) is 27.2 Å². The zero-order chi connectivity index (χ0) is 16.8. The molecule has 7 nitrogen and oxygen atoms in total. The van der Waals surface area contributed by atoms with Gasteiger partial charge in [-0.3, -0.25) is 9.69 Å². The van der Waals surface area contributed by atoms with Crippen molar-refractivity contribution in [3.63, 3.8) is 0 Å². The molecule has 1 aliphatic heterocycles. The van der Waals surface area contributed by atoms with E-state index in [1.165, 1.54) is 0 Å². The summed E-state index contributed by atoms with van der Waals surface area (Å²) in [5.41, 5.74) is 0. The van der Waals surface area contributed by atoms with Crippen LogP contribution in [0.4, 0.5) is 5.95 Å². The van der Waals surface area contributed by atoms with Gasteiger partial charge in [0.15, 0.2) is 0 Å². The fraction of sp³-hybridized carbons (Fsp3) is 0.812. The van der Waals surface area contributed by atoms with Gasteiger partial charge in [0.25, 0.3) is 5.95 Å². The normalized spacial score (nSPS) is 18.3. The Bertz CT molecular complexity index is 496. The average Bonchev–Trinajstić information content (AvgIpc) is 3.15. The summed E-state index contributed by atoms with van der Waals surface area (Å²) in [7, 11) is 3.77. The predicted molar refractivity (Wildman–Crippen MR) is 89.3 cm³/mol. The van der Waals surface area contributed by atoms with Crippen molar-refractivity contribution < 1.29 is 9.32 Å². The summed E-state index contributed by atoms with van der Waals surface area (Å²) in [6, 6.07) is 0.0604. The smallest absolute Gasteiger partial charge is 0.265 e.